The third kappa shape index (κ3) is 2.59. The molecule has 0 bridgehead atoms. The molecule has 1 aliphatic rings. The van der Waals surface area contributed by atoms with Crippen molar-refractivity contribution in [3.05, 3.63) is 11.5 Å². The van der Waals surface area contributed by atoms with E-state index in [1.165, 1.54) is 12.6 Å². The van der Waals surface area contributed by atoms with Gasteiger partial charge in [-0.05, 0) is 24.4 Å². The van der Waals surface area contributed by atoms with Crippen LogP contribution in [0.15, 0.2) is 6.20 Å². The molecule has 6 heteroatoms. The zero-order chi connectivity index (χ0) is 12.3. The Morgan fingerprint density at radius 1 is 1.41 bits per heavy atom. The molecular formula is C11H14ClN5. The molecule has 1 aromatic heterocycles. The van der Waals surface area contributed by atoms with Crippen LogP contribution in [0.1, 0.15) is 32.1 Å². The Balaban J connectivity index is 2.23. The fourth-order valence-corrected chi connectivity index (χ4v) is 2.25. The van der Waals surface area contributed by atoms with Gasteiger partial charge in [0.25, 0.3) is 0 Å². The van der Waals surface area contributed by atoms with E-state index in [0.717, 1.165) is 25.7 Å². The summed E-state index contributed by atoms with van der Waals surface area (Å²) >= 11 is 5.72. The SMILES string of the molecule is N#CC1(Nc2nc(Cl)ncc2N)CCCCC1. The summed E-state index contributed by atoms with van der Waals surface area (Å²) in [6.45, 7) is 0. The van der Waals surface area contributed by atoms with Crippen LogP contribution in [0, 0.1) is 11.3 Å². The van der Waals surface area contributed by atoms with Crippen molar-refractivity contribution in [2.24, 2.45) is 0 Å². The Labute approximate surface area is 105 Å². The second-order valence-corrected chi connectivity index (χ2v) is 4.66. The molecule has 1 aliphatic carbocycles. The van der Waals surface area contributed by atoms with Gasteiger partial charge in [-0.25, -0.2) is 4.98 Å². The molecule has 0 atom stereocenters. The van der Waals surface area contributed by atoms with Crippen molar-refractivity contribution in [1.29, 1.82) is 5.26 Å². The number of nitrogen functional groups attached to an aromatic ring is 1. The Kier molecular flexibility index (Phi) is 3.34. The molecule has 0 amide bonds. The average molecular weight is 252 g/mol. The van der Waals surface area contributed by atoms with Gasteiger partial charge in [0.05, 0.1) is 18.0 Å². The first-order valence-corrected chi connectivity index (χ1v) is 6.00. The van der Waals surface area contributed by atoms with Gasteiger partial charge in [0.1, 0.15) is 5.54 Å². The van der Waals surface area contributed by atoms with Crippen molar-refractivity contribution in [3.63, 3.8) is 0 Å². The van der Waals surface area contributed by atoms with Gasteiger partial charge in [0.15, 0.2) is 5.82 Å². The number of hydrogen-bond acceptors (Lipinski definition) is 5. The zero-order valence-corrected chi connectivity index (χ0v) is 10.2. The summed E-state index contributed by atoms with van der Waals surface area (Å²) in [6.07, 6.45) is 6.32. The number of nitrogens with one attached hydrogen (secondary N) is 1. The maximum atomic E-state index is 9.33. The van der Waals surface area contributed by atoms with Gasteiger partial charge in [-0.2, -0.15) is 10.2 Å². The van der Waals surface area contributed by atoms with Crippen LogP contribution in [-0.2, 0) is 0 Å². The first-order valence-electron chi connectivity index (χ1n) is 5.63. The van der Waals surface area contributed by atoms with Crippen LogP contribution in [0.25, 0.3) is 0 Å². The van der Waals surface area contributed by atoms with E-state index < -0.39 is 5.54 Å². The number of nitrogens with zero attached hydrogens (tertiary/aromatic N) is 3. The zero-order valence-electron chi connectivity index (χ0n) is 9.41. The van der Waals surface area contributed by atoms with E-state index in [0.29, 0.717) is 11.5 Å². The van der Waals surface area contributed by atoms with Crippen molar-refractivity contribution in [2.75, 3.05) is 11.1 Å². The molecule has 17 heavy (non-hydrogen) atoms. The summed E-state index contributed by atoms with van der Waals surface area (Å²) in [6, 6.07) is 2.34. The molecule has 0 unspecified atom stereocenters. The quantitative estimate of drug-likeness (QED) is 0.788. The summed E-state index contributed by atoms with van der Waals surface area (Å²) in [5, 5.41) is 12.6. The molecule has 1 aromatic rings. The Morgan fingerprint density at radius 3 is 2.76 bits per heavy atom. The molecule has 0 aliphatic heterocycles. The molecule has 1 heterocycles. The number of nitrogens with two attached hydrogens (primary N) is 1. The standard InChI is InChI=1S/C11H14ClN5/c12-10-15-6-8(14)9(16-10)17-11(7-13)4-2-1-3-5-11/h6H,1-5,14H2,(H,15,16,17). The van der Waals surface area contributed by atoms with E-state index in [1.54, 1.807) is 0 Å². The van der Waals surface area contributed by atoms with Crippen molar-refractivity contribution in [2.45, 2.75) is 37.6 Å². The van der Waals surface area contributed by atoms with Gasteiger partial charge in [-0.3, -0.25) is 0 Å². The molecule has 2 rings (SSSR count). The lowest BCUT2D eigenvalue weighted by molar-refractivity contribution is 0.392. The third-order valence-electron chi connectivity index (χ3n) is 3.07. The number of halogens is 1. The van der Waals surface area contributed by atoms with E-state index in [4.69, 9.17) is 17.3 Å². The first kappa shape index (κ1) is 11.9. The minimum atomic E-state index is -0.565. The van der Waals surface area contributed by atoms with Gasteiger partial charge in [0.2, 0.25) is 5.28 Å². The number of anilines is 2. The molecule has 0 spiro atoms. The molecule has 5 nitrogen and oxygen atoms in total. The monoisotopic (exact) mass is 251 g/mol. The smallest absolute Gasteiger partial charge is 0.224 e. The molecule has 0 aromatic carbocycles. The number of nitriles is 1. The number of aromatic nitrogens is 2. The lowest BCUT2D eigenvalue weighted by atomic mass is 9.83. The van der Waals surface area contributed by atoms with Crippen LogP contribution >= 0.6 is 11.6 Å². The predicted molar refractivity (Wildman–Crippen MR) is 66.5 cm³/mol. The molecular weight excluding hydrogens is 238 g/mol. The lowest BCUT2D eigenvalue weighted by Crippen LogP contribution is -2.39. The summed E-state index contributed by atoms with van der Waals surface area (Å²) in [4.78, 5) is 7.81. The fraction of sp³-hybridized carbons (Fsp3) is 0.545. The van der Waals surface area contributed by atoms with Crippen LogP contribution < -0.4 is 11.1 Å². The van der Waals surface area contributed by atoms with Gasteiger partial charge >= 0.3 is 0 Å². The topological polar surface area (TPSA) is 87.6 Å². The van der Waals surface area contributed by atoms with Gasteiger partial charge in [-0.15, -0.1) is 0 Å². The fourth-order valence-electron chi connectivity index (χ4n) is 2.12. The highest BCUT2D eigenvalue weighted by Gasteiger charge is 2.32. The Hall–Kier alpha value is -1.54. The highest BCUT2D eigenvalue weighted by molar-refractivity contribution is 6.28. The second-order valence-electron chi connectivity index (χ2n) is 4.32. The highest BCUT2D eigenvalue weighted by atomic mass is 35.5. The normalized spacial score (nSPS) is 18.4. The first-order chi connectivity index (χ1) is 8.15. The summed E-state index contributed by atoms with van der Waals surface area (Å²) in [5.41, 5.74) is 5.61. The minimum Gasteiger partial charge on any atom is -0.394 e. The van der Waals surface area contributed by atoms with Crippen LogP contribution in [0.4, 0.5) is 11.5 Å². The van der Waals surface area contributed by atoms with Crippen LogP contribution in [0.5, 0.6) is 0 Å². The number of hydrogen-bond donors (Lipinski definition) is 2. The Morgan fingerprint density at radius 2 is 2.12 bits per heavy atom. The van der Waals surface area contributed by atoms with Crippen LogP contribution in [0.2, 0.25) is 5.28 Å². The third-order valence-corrected chi connectivity index (χ3v) is 3.25. The molecule has 0 saturated heterocycles. The highest BCUT2D eigenvalue weighted by Crippen LogP contribution is 2.32. The van der Waals surface area contributed by atoms with E-state index in [9.17, 15) is 5.26 Å². The van der Waals surface area contributed by atoms with E-state index in [2.05, 4.69) is 21.4 Å². The van der Waals surface area contributed by atoms with Gasteiger partial charge < -0.3 is 11.1 Å². The number of rotatable bonds is 2. The molecule has 0 radical (unpaired) electrons. The second kappa shape index (κ2) is 4.76. The van der Waals surface area contributed by atoms with Crippen LogP contribution in [0.3, 0.4) is 0 Å². The van der Waals surface area contributed by atoms with Gasteiger partial charge in [0, 0.05) is 0 Å². The average Bonchev–Trinajstić information content (AvgIpc) is 2.35. The Bertz CT molecular complexity index is 448. The summed E-state index contributed by atoms with van der Waals surface area (Å²) in [5.74, 6) is 0.452. The minimum absolute atomic E-state index is 0.130. The molecule has 1 fully saturated rings. The van der Waals surface area contributed by atoms with Crippen molar-refractivity contribution in [1.82, 2.24) is 9.97 Å². The van der Waals surface area contributed by atoms with E-state index in [-0.39, 0.29) is 5.28 Å². The van der Waals surface area contributed by atoms with Crippen molar-refractivity contribution >= 4 is 23.1 Å². The predicted octanol–water partition coefficient (Wildman–Crippen LogP) is 2.35. The molecule has 90 valence electrons. The van der Waals surface area contributed by atoms with Crippen molar-refractivity contribution < 1.29 is 0 Å². The van der Waals surface area contributed by atoms with E-state index >= 15 is 0 Å². The van der Waals surface area contributed by atoms with Crippen molar-refractivity contribution in [3.8, 4) is 6.07 Å². The summed E-state index contributed by atoms with van der Waals surface area (Å²) in [7, 11) is 0. The maximum Gasteiger partial charge on any atom is 0.224 e. The molecule has 3 N–H and O–H groups in total. The van der Waals surface area contributed by atoms with E-state index in [1.807, 2.05) is 0 Å². The van der Waals surface area contributed by atoms with Crippen LogP contribution in [-0.4, -0.2) is 15.5 Å². The summed E-state index contributed by atoms with van der Waals surface area (Å²) < 4.78 is 0. The largest absolute Gasteiger partial charge is 0.394 e. The maximum absolute atomic E-state index is 9.33. The lowest BCUT2D eigenvalue weighted by Gasteiger charge is -2.32. The molecule has 1 saturated carbocycles. The van der Waals surface area contributed by atoms with Gasteiger partial charge in [-0.1, -0.05) is 19.3 Å².